The van der Waals surface area contributed by atoms with E-state index < -0.39 is 27.9 Å². The van der Waals surface area contributed by atoms with Gasteiger partial charge in [0.15, 0.2) is 11.8 Å². The summed E-state index contributed by atoms with van der Waals surface area (Å²) in [5.41, 5.74) is 1.68. The molecule has 0 aliphatic carbocycles. The summed E-state index contributed by atoms with van der Waals surface area (Å²) in [6.07, 6.45) is 2.21. The topological polar surface area (TPSA) is 97.1 Å². The Balaban J connectivity index is 1.68. The minimum atomic E-state index is -3.72. The van der Waals surface area contributed by atoms with Gasteiger partial charge in [-0.1, -0.05) is 24.3 Å². The van der Waals surface area contributed by atoms with E-state index in [4.69, 9.17) is 9.15 Å². The largest absolute Gasteiger partial charge is 0.467 e. The van der Waals surface area contributed by atoms with Gasteiger partial charge in [-0.2, -0.15) is 4.31 Å². The summed E-state index contributed by atoms with van der Waals surface area (Å²) >= 11 is 0. The third-order valence-corrected chi connectivity index (χ3v) is 7.74. The van der Waals surface area contributed by atoms with Crippen molar-refractivity contribution in [1.29, 1.82) is 0 Å². The van der Waals surface area contributed by atoms with Crippen LogP contribution in [0.2, 0.25) is 0 Å². The molecule has 0 spiro atoms. The Bertz CT molecular complexity index is 1080. The van der Waals surface area contributed by atoms with Crippen LogP contribution in [0, 0.1) is 6.92 Å². The number of ether oxygens (including phenoxy) is 1. The molecule has 0 saturated carbocycles. The van der Waals surface area contributed by atoms with E-state index in [0.717, 1.165) is 18.4 Å². The summed E-state index contributed by atoms with van der Waals surface area (Å²) < 4.78 is 37.8. The number of aryl methyl sites for hydroxylation is 1. The highest BCUT2D eigenvalue weighted by atomic mass is 32.2. The Labute approximate surface area is 175 Å². The van der Waals surface area contributed by atoms with E-state index in [1.807, 2.05) is 12.1 Å². The van der Waals surface area contributed by atoms with Gasteiger partial charge in [-0.25, -0.2) is 13.2 Å². The van der Waals surface area contributed by atoms with E-state index in [1.54, 1.807) is 12.1 Å². The first-order chi connectivity index (χ1) is 14.3. The second-order valence-electron chi connectivity index (χ2n) is 7.52. The summed E-state index contributed by atoms with van der Waals surface area (Å²) in [5, 5.41) is 0. The normalized spacial score (nSPS) is 19.5. The van der Waals surface area contributed by atoms with Crippen LogP contribution in [0.15, 0.2) is 39.6 Å². The van der Waals surface area contributed by atoms with Crippen LogP contribution in [0.5, 0.6) is 0 Å². The first-order valence-corrected chi connectivity index (χ1v) is 11.4. The van der Waals surface area contributed by atoms with Crippen molar-refractivity contribution in [2.45, 2.75) is 37.1 Å². The zero-order valence-corrected chi connectivity index (χ0v) is 17.8. The number of hydrogen-bond donors (Lipinski definition) is 0. The molecule has 2 aliphatic heterocycles. The van der Waals surface area contributed by atoms with Gasteiger partial charge in [0.2, 0.25) is 10.0 Å². The molecule has 3 heterocycles. The molecule has 0 N–H and O–H groups in total. The smallest absolute Gasteiger partial charge is 0.333 e. The van der Waals surface area contributed by atoms with Crippen molar-refractivity contribution in [2.75, 3.05) is 26.7 Å². The van der Waals surface area contributed by atoms with Gasteiger partial charge in [0.1, 0.15) is 10.7 Å². The highest BCUT2D eigenvalue weighted by Gasteiger charge is 2.39. The summed E-state index contributed by atoms with van der Waals surface area (Å²) in [7, 11) is -2.44. The van der Waals surface area contributed by atoms with Crippen molar-refractivity contribution in [2.24, 2.45) is 0 Å². The van der Waals surface area contributed by atoms with E-state index in [9.17, 15) is 18.0 Å². The fourth-order valence-electron chi connectivity index (χ4n) is 4.19. The molecule has 0 radical (unpaired) electrons. The minimum Gasteiger partial charge on any atom is -0.467 e. The molecule has 30 heavy (non-hydrogen) atoms. The fourth-order valence-corrected chi connectivity index (χ4v) is 5.87. The third kappa shape index (κ3) is 3.41. The first kappa shape index (κ1) is 20.6. The number of amides is 1. The van der Waals surface area contributed by atoms with Gasteiger partial charge in [0.05, 0.1) is 7.11 Å². The lowest BCUT2D eigenvalue weighted by Crippen LogP contribution is -2.43. The van der Waals surface area contributed by atoms with Gasteiger partial charge in [0.25, 0.3) is 5.91 Å². The number of fused-ring (bicyclic) bond motifs is 1. The molecule has 4 rings (SSSR count). The third-order valence-electron chi connectivity index (χ3n) is 5.73. The Kier molecular flexibility index (Phi) is 5.42. The Hall–Kier alpha value is -2.65. The molecular formula is C21H24N2O6S. The molecule has 9 heteroatoms. The maximum atomic E-state index is 13.3. The van der Waals surface area contributed by atoms with Crippen molar-refractivity contribution in [1.82, 2.24) is 9.21 Å². The second-order valence-corrected chi connectivity index (χ2v) is 9.42. The Morgan fingerprint density at radius 2 is 1.83 bits per heavy atom. The average molecular weight is 432 g/mol. The second kappa shape index (κ2) is 7.88. The van der Waals surface area contributed by atoms with Crippen LogP contribution in [0.25, 0.3) is 0 Å². The number of benzene rings is 1. The molecule has 0 unspecified atom stereocenters. The van der Waals surface area contributed by atoms with Crippen molar-refractivity contribution < 1.29 is 27.2 Å². The SMILES string of the molecule is COC(=O)[C@@H]1c2ccccc2CCN1C(=O)c1cc(S(=O)(=O)N2CCCC2)c(C)o1. The molecule has 1 aromatic carbocycles. The predicted molar refractivity (Wildman–Crippen MR) is 107 cm³/mol. The molecule has 8 nitrogen and oxygen atoms in total. The van der Waals surface area contributed by atoms with E-state index in [1.165, 1.54) is 29.3 Å². The number of hydrogen-bond acceptors (Lipinski definition) is 6. The molecule has 1 saturated heterocycles. The quantitative estimate of drug-likeness (QED) is 0.688. The maximum absolute atomic E-state index is 13.3. The van der Waals surface area contributed by atoms with Crippen LogP contribution in [0.1, 0.15) is 46.3 Å². The van der Waals surface area contributed by atoms with E-state index in [0.29, 0.717) is 31.6 Å². The van der Waals surface area contributed by atoms with E-state index in [2.05, 4.69) is 0 Å². The minimum absolute atomic E-state index is 0.000206. The maximum Gasteiger partial charge on any atom is 0.333 e. The number of esters is 1. The standard InChI is InChI=1S/C21H24N2O6S/c1-14-18(30(26,27)22-10-5-6-11-22)13-17(29-14)20(24)23-12-9-15-7-3-4-8-16(15)19(23)21(25)28-2/h3-4,7-8,13,19H,5-6,9-12H2,1-2H3/t19-/m0/s1. The van der Waals surface area contributed by atoms with Crippen molar-refractivity contribution in [3.8, 4) is 0 Å². The van der Waals surface area contributed by atoms with Crippen LogP contribution < -0.4 is 0 Å². The number of carbonyl (C=O) groups excluding carboxylic acids is 2. The van der Waals surface area contributed by atoms with Gasteiger partial charge in [-0.3, -0.25) is 4.79 Å². The zero-order valence-electron chi connectivity index (χ0n) is 17.0. The highest BCUT2D eigenvalue weighted by Crippen LogP contribution is 2.33. The Morgan fingerprint density at radius 3 is 2.53 bits per heavy atom. The monoisotopic (exact) mass is 432 g/mol. The lowest BCUT2D eigenvalue weighted by atomic mass is 9.92. The lowest BCUT2D eigenvalue weighted by Gasteiger charge is -2.34. The molecule has 1 atom stereocenters. The van der Waals surface area contributed by atoms with Gasteiger partial charge < -0.3 is 14.1 Å². The van der Waals surface area contributed by atoms with Crippen LogP contribution in [0.4, 0.5) is 0 Å². The van der Waals surface area contributed by atoms with Crippen molar-refractivity contribution in [3.63, 3.8) is 0 Å². The van der Waals surface area contributed by atoms with Gasteiger partial charge in [0, 0.05) is 25.7 Å². The lowest BCUT2D eigenvalue weighted by molar-refractivity contribution is -0.146. The van der Waals surface area contributed by atoms with Crippen LogP contribution in [-0.4, -0.2) is 56.2 Å². The average Bonchev–Trinajstić information content (AvgIpc) is 3.42. The highest BCUT2D eigenvalue weighted by molar-refractivity contribution is 7.89. The fraction of sp³-hybridized carbons (Fsp3) is 0.429. The van der Waals surface area contributed by atoms with E-state index >= 15 is 0 Å². The molecule has 1 aromatic heterocycles. The van der Waals surface area contributed by atoms with Gasteiger partial charge >= 0.3 is 5.97 Å². The zero-order chi connectivity index (χ0) is 21.5. The van der Waals surface area contributed by atoms with Crippen LogP contribution >= 0.6 is 0 Å². The van der Waals surface area contributed by atoms with Gasteiger partial charge in [-0.05, 0) is 37.3 Å². The number of nitrogens with zero attached hydrogens (tertiary/aromatic N) is 2. The molecule has 160 valence electrons. The summed E-state index contributed by atoms with van der Waals surface area (Å²) in [6.45, 7) is 2.75. The number of carbonyl (C=O) groups is 2. The predicted octanol–water partition coefficient (Wildman–Crippen LogP) is 2.29. The summed E-state index contributed by atoms with van der Waals surface area (Å²) in [6, 6.07) is 7.78. The van der Waals surface area contributed by atoms with Crippen LogP contribution in [-0.2, 0) is 26.0 Å². The van der Waals surface area contributed by atoms with Gasteiger partial charge in [-0.15, -0.1) is 0 Å². The number of methoxy groups -OCH3 is 1. The molecule has 1 amide bonds. The van der Waals surface area contributed by atoms with Crippen molar-refractivity contribution in [3.05, 3.63) is 53.0 Å². The Morgan fingerprint density at radius 1 is 1.13 bits per heavy atom. The first-order valence-electron chi connectivity index (χ1n) is 9.91. The molecule has 2 aromatic rings. The number of furan rings is 1. The molecule has 1 fully saturated rings. The van der Waals surface area contributed by atoms with E-state index in [-0.39, 0.29) is 16.4 Å². The molecular weight excluding hydrogens is 408 g/mol. The summed E-state index contributed by atoms with van der Waals surface area (Å²) in [5.74, 6) is -1.02. The van der Waals surface area contributed by atoms with Crippen molar-refractivity contribution >= 4 is 21.9 Å². The van der Waals surface area contributed by atoms with Crippen LogP contribution in [0.3, 0.4) is 0 Å². The summed E-state index contributed by atoms with van der Waals surface area (Å²) in [4.78, 5) is 27.2. The molecule has 2 aliphatic rings. The number of rotatable bonds is 4. The number of sulfonamides is 1. The molecule has 0 bridgehead atoms.